The van der Waals surface area contributed by atoms with Gasteiger partial charge in [-0.05, 0) is 29.8 Å². The topological polar surface area (TPSA) is 69.7 Å². The lowest BCUT2D eigenvalue weighted by molar-refractivity contribution is 0.111. The summed E-state index contributed by atoms with van der Waals surface area (Å²) in [5, 5.41) is 0. The Hall–Kier alpha value is -2.41. The maximum Gasteiger partial charge on any atom is 0.197 e. The van der Waals surface area contributed by atoms with E-state index in [0.29, 0.717) is 11.8 Å². The predicted molar refractivity (Wildman–Crippen MR) is 82.2 cm³/mol. The second-order valence-electron chi connectivity index (χ2n) is 4.82. The third-order valence-corrected chi connectivity index (χ3v) is 4.30. The smallest absolute Gasteiger partial charge is 0.197 e. The van der Waals surface area contributed by atoms with Gasteiger partial charge >= 0.3 is 0 Å². The summed E-state index contributed by atoms with van der Waals surface area (Å²) >= 11 is 0. The SMILES string of the molecule is COc1c(OCc2ccc(S(C)(=O)=O)cc2)ccc(C=O)c1F. The van der Waals surface area contributed by atoms with E-state index in [9.17, 15) is 17.6 Å². The van der Waals surface area contributed by atoms with Gasteiger partial charge in [-0.2, -0.15) is 0 Å². The average molecular weight is 338 g/mol. The maximum absolute atomic E-state index is 13.9. The van der Waals surface area contributed by atoms with E-state index < -0.39 is 15.7 Å². The summed E-state index contributed by atoms with van der Waals surface area (Å²) in [4.78, 5) is 10.9. The molecule has 0 saturated carbocycles. The summed E-state index contributed by atoms with van der Waals surface area (Å²) in [6.45, 7) is 0.0975. The van der Waals surface area contributed by atoms with Crippen molar-refractivity contribution in [2.75, 3.05) is 13.4 Å². The first-order chi connectivity index (χ1) is 10.9. The van der Waals surface area contributed by atoms with Crippen molar-refractivity contribution in [3.05, 3.63) is 53.3 Å². The fourth-order valence-corrected chi connectivity index (χ4v) is 2.57. The zero-order chi connectivity index (χ0) is 17.0. The van der Waals surface area contributed by atoms with Gasteiger partial charge in [-0.3, -0.25) is 4.79 Å². The zero-order valence-electron chi connectivity index (χ0n) is 12.6. The number of methoxy groups -OCH3 is 1. The van der Waals surface area contributed by atoms with Crippen LogP contribution in [0.25, 0.3) is 0 Å². The van der Waals surface area contributed by atoms with E-state index >= 15 is 0 Å². The van der Waals surface area contributed by atoms with Gasteiger partial charge in [0, 0.05) is 6.26 Å². The van der Waals surface area contributed by atoms with Crippen LogP contribution in [-0.4, -0.2) is 28.1 Å². The van der Waals surface area contributed by atoms with Crippen molar-refractivity contribution < 1.29 is 27.1 Å². The molecule has 5 nitrogen and oxygen atoms in total. The Bertz CT molecular complexity index is 813. The minimum atomic E-state index is -3.25. The number of rotatable bonds is 6. The highest BCUT2D eigenvalue weighted by atomic mass is 32.2. The molecule has 0 aliphatic heterocycles. The quantitative estimate of drug-likeness (QED) is 0.757. The highest BCUT2D eigenvalue weighted by molar-refractivity contribution is 7.90. The number of carbonyl (C=O) groups is 1. The Labute approximate surface area is 133 Å². The van der Waals surface area contributed by atoms with Crippen molar-refractivity contribution in [2.45, 2.75) is 11.5 Å². The number of benzene rings is 2. The van der Waals surface area contributed by atoms with Crippen LogP contribution in [0.5, 0.6) is 11.5 Å². The van der Waals surface area contributed by atoms with Crippen molar-refractivity contribution in [2.24, 2.45) is 0 Å². The molecule has 0 heterocycles. The summed E-state index contributed by atoms with van der Waals surface area (Å²) in [5.41, 5.74) is 0.589. The third-order valence-electron chi connectivity index (χ3n) is 3.17. The molecule has 2 rings (SSSR count). The lowest BCUT2D eigenvalue weighted by Gasteiger charge is -2.12. The second kappa shape index (κ2) is 6.78. The predicted octanol–water partition coefficient (Wildman–Crippen LogP) is 2.63. The lowest BCUT2D eigenvalue weighted by Crippen LogP contribution is -2.02. The van der Waals surface area contributed by atoms with Gasteiger partial charge in [-0.1, -0.05) is 12.1 Å². The minimum absolute atomic E-state index is 0.0975. The van der Waals surface area contributed by atoms with Crippen LogP contribution >= 0.6 is 0 Å². The summed E-state index contributed by atoms with van der Waals surface area (Å²) in [6.07, 6.45) is 1.52. The van der Waals surface area contributed by atoms with Crippen molar-refractivity contribution in [3.63, 3.8) is 0 Å². The maximum atomic E-state index is 13.9. The number of hydrogen-bond acceptors (Lipinski definition) is 5. The fourth-order valence-electron chi connectivity index (χ4n) is 1.94. The average Bonchev–Trinajstić information content (AvgIpc) is 2.52. The van der Waals surface area contributed by atoms with E-state index in [0.717, 1.165) is 6.26 Å². The Kier molecular flexibility index (Phi) is 5.00. The highest BCUT2D eigenvalue weighted by Gasteiger charge is 2.15. The molecule has 0 spiro atoms. The molecule has 0 bridgehead atoms. The molecular formula is C16H15FO5S. The van der Waals surface area contributed by atoms with Crippen LogP contribution in [0.1, 0.15) is 15.9 Å². The number of sulfone groups is 1. The van der Waals surface area contributed by atoms with Gasteiger partial charge in [-0.25, -0.2) is 12.8 Å². The Balaban J connectivity index is 2.18. The molecule has 122 valence electrons. The van der Waals surface area contributed by atoms with Crippen LogP contribution in [0.15, 0.2) is 41.3 Å². The first-order valence-electron chi connectivity index (χ1n) is 6.60. The van der Waals surface area contributed by atoms with Gasteiger partial charge in [0.15, 0.2) is 33.4 Å². The van der Waals surface area contributed by atoms with Crippen molar-refractivity contribution in [3.8, 4) is 11.5 Å². The molecule has 2 aromatic rings. The number of hydrogen-bond donors (Lipinski definition) is 0. The number of aldehydes is 1. The molecule has 2 aromatic carbocycles. The van der Waals surface area contributed by atoms with Crippen LogP contribution in [0.2, 0.25) is 0 Å². The van der Waals surface area contributed by atoms with Gasteiger partial charge in [0.25, 0.3) is 0 Å². The minimum Gasteiger partial charge on any atom is -0.490 e. The van der Waals surface area contributed by atoms with Crippen molar-refractivity contribution in [1.82, 2.24) is 0 Å². The first-order valence-corrected chi connectivity index (χ1v) is 8.49. The third kappa shape index (κ3) is 3.87. The van der Waals surface area contributed by atoms with Crippen molar-refractivity contribution in [1.29, 1.82) is 0 Å². The molecule has 0 unspecified atom stereocenters. The Morgan fingerprint density at radius 2 is 1.78 bits per heavy atom. The number of halogens is 1. The van der Waals surface area contributed by atoms with Crippen LogP contribution < -0.4 is 9.47 Å². The molecule has 0 aromatic heterocycles. The number of carbonyl (C=O) groups excluding carboxylic acids is 1. The van der Waals surface area contributed by atoms with Crippen molar-refractivity contribution >= 4 is 16.1 Å². The molecule has 7 heteroatoms. The normalized spacial score (nSPS) is 11.1. The Morgan fingerprint density at radius 1 is 1.13 bits per heavy atom. The van der Waals surface area contributed by atoms with Gasteiger partial charge in [-0.15, -0.1) is 0 Å². The lowest BCUT2D eigenvalue weighted by atomic mass is 10.2. The molecule has 0 saturated heterocycles. The van der Waals surface area contributed by atoms with Crippen LogP contribution in [0.4, 0.5) is 4.39 Å². The van der Waals surface area contributed by atoms with Gasteiger partial charge < -0.3 is 9.47 Å². The molecule has 0 fully saturated rings. The van der Waals surface area contributed by atoms with E-state index in [-0.39, 0.29) is 28.6 Å². The molecule has 0 aliphatic carbocycles. The molecular weight excluding hydrogens is 323 g/mol. The highest BCUT2D eigenvalue weighted by Crippen LogP contribution is 2.32. The second-order valence-corrected chi connectivity index (χ2v) is 6.84. The molecule has 0 atom stereocenters. The summed E-state index contributed by atoms with van der Waals surface area (Å²) < 4.78 is 47.1. The van der Waals surface area contributed by atoms with E-state index in [4.69, 9.17) is 9.47 Å². The van der Waals surface area contributed by atoms with E-state index in [1.54, 1.807) is 12.1 Å². The van der Waals surface area contributed by atoms with E-state index in [1.165, 1.54) is 31.4 Å². The van der Waals surface area contributed by atoms with Crippen LogP contribution in [0, 0.1) is 5.82 Å². The van der Waals surface area contributed by atoms with Crippen LogP contribution in [-0.2, 0) is 16.4 Å². The first kappa shape index (κ1) is 17.0. The molecule has 0 amide bonds. The molecule has 23 heavy (non-hydrogen) atoms. The van der Waals surface area contributed by atoms with Crippen LogP contribution in [0.3, 0.4) is 0 Å². The molecule has 0 aliphatic rings. The van der Waals surface area contributed by atoms with Gasteiger partial charge in [0.1, 0.15) is 6.61 Å². The van der Waals surface area contributed by atoms with Gasteiger partial charge in [0.05, 0.1) is 17.6 Å². The number of ether oxygens (including phenoxy) is 2. The zero-order valence-corrected chi connectivity index (χ0v) is 13.4. The fraction of sp³-hybridized carbons (Fsp3) is 0.188. The largest absolute Gasteiger partial charge is 0.490 e. The molecule has 0 radical (unpaired) electrons. The van der Waals surface area contributed by atoms with E-state index in [2.05, 4.69) is 0 Å². The standard InChI is InChI=1S/C16H15FO5S/c1-21-16-14(8-5-12(9-18)15(16)17)22-10-11-3-6-13(7-4-11)23(2,19)20/h3-9H,10H2,1-2H3. The van der Waals surface area contributed by atoms with Gasteiger partial charge in [0.2, 0.25) is 0 Å². The summed E-state index contributed by atoms with van der Waals surface area (Å²) in [7, 11) is -1.98. The summed E-state index contributed by atoms with van der Waals surface area (Å²) in [6, 6.07) is 8.91. The Morgan fingerprint density at radius 3 is 2.30 bits per heavy atom. The molecule has 0 N–H and O–H groups in total. The monoisotopic (exact) mass is 338 g/mol. The van der Waals surface area contributed by atoms with E-state index in [1.807, 2.05) is 0 Å². The summed E-state index contributed by atoms with van der Waals surface area (Å²) in [5.74, 6) is -0.780.